The number of carbonyl (C=O) groups excluding carboxylic acids is 1. The van der Waals surface area contributed by atoms with E-state index in [-0.39, 0.29) is 30.5 Å². The summed E-state index contributed by atoms with van der Waals surface area (Å²) in [5.74, 6) is -0.268. The number of nitrogens with one attached hydrogen (secondary N) is 1. The van der Waals surface area contributed by atoms with Crippen LogP contribution in [0.2, 0.25) is 0 Å². The van der Waals surface area contributed by atoms with Crippen LogP contribution in [-0.2, 0) is 4.79 Å². The molecule has 3 atom stereocenters. The number of aliphatic hydroxyl groups is 2. The van der Waals surface area contributed by atoms with E-state index in [2.05, 4.69) is 20.0 Å². The van der Waals surface area contributed by atoms with Crippen molar-refractivity contribution in [3.8, 4) is 16.9 Å². The molecule has 1 heterocycles. The molecule has 3 aromatic rings. The summed E-state index contributed by atoms with van der Waals surface area (Å²) in [7, 11) is 0. The van der Waals surface area contributed by atoms with Crippen molar-refractivity contribution in [1.82, 2.24) is 9.97 Å². The number of carbonyl (C=O) groups is 1. The van der Waals surface area contributed by atoms with Gasteiger partial charge in [0.25, 0.3) is 0 Å². The Morgan fingerprint density at radius 3 is 2.29 bits per heavy atom. The Balaban J connectivity index is 1.36. The number of alkyl halides is 2. The monoisotopic (exact) mass is 483 g/mol. The second-order valence-electron chi connectivity index (χ2n) is 8.61. The highest BCUT2D eigenvalue weighted by atomic mass is 19.3. The summed E-state index contributed by atoms with van der Waals surface area (Å²) in [5.41, 5.74) is 2.90. The largest absolute Gasteiger partial charge is 0.435 e. The number of anilines is 2. The van der Waals surface area contributed by atoms with Crippen LogP contribution in [0, 0.1) is 5.92 Å². The average Bonchev–Trinajstić information content (AvgIpc) is 3.25. The number of hydrogen-bond donors (Lipinski definition) is 3. The fourth-order valence-electron chi connectivity index (χ4n) is 4.35. The van der Waals surface area contributed by atoms with E-state index in [9.17, 15) is 23.8 Å². The third-order valence-electron chi connectivity index (χ3n) is 6.29. The van der Waals surface area contributed by atoms with Crippen molar-refractivity contribution in [2.75, 3.05) is 11.9 Å². The molecule has 1 aromatic heterocycles. The lowest BCUT2D eigenvalue weighted by Gasteiger charge is -2.18. The molecule has 1 aliphatic carbocycles. The van der Waals surface area contributed by atoms with Gasteiger partial charge in [-0.05, 0) is 54.2 Å². The minimum Gasteiger partial charge on any atom is -0.435 e. The molecule has 0 amide bonds. The van der Waals surface area contributed by atoms with Crippen LogP contribution in [-0.4, -0.2) is 45.3 Å². The first-order valence-corrected chi connectivity index (χ1v) is 11.5. The zero-order valence-corrected chi connectivity index (χ0v) is 19.0. The van der Waals surface area contributed by atoms with E-state index in [0.717, 1.165) is 24.8 Å². The number of nitrogens with zero attached hydrogens (tertiary/aromatic N) is 2. The molecule has 7 nitrogen and oxygen atoms in total. The SMILES string of the molecule is O=C(C[C@H]1CCC[C@H]1O)[C@H](CO)c1ccc(Nc2ncc(-c3ccc(OC(F)F)cc3)cn2)cc1. The van der Waals surface area contributed by atoms with E-state index in [1.54, 1.807) is 48.8 Å². The van der Waals surface area contributed by atoms with Crippen molar-refractivity contribution in [2.45, 2.75) is 44.3 Å². The van der Waals surface area contributed by atoms with Gasteiger partial charge in [0.2, 0.25) is 5.95 Å². The van der Waals surface area contributed by atoms with Crippen molar-refractivity contribution in [2.24, 2.45) is 5.92 Å². The Hall–Kier alpha value is -3.43. The fourth-order valence-corrected chi connectivity index (χ4v) is 4.35. The maximum atomic E-state index is 12.7. The Morgan fingerprint density at radius 2 is 1.71 bits per heavy atom. The van der Waals surface area contributed by atoms with Crippen LogP contribution in [0.3, 0.4) is 0 Å². The van der Waals surface area contributed by atoms with Gasteiger partial charge >= 0.3 is 6.61 Å². The van der Waals surface area contributed by atoms with Gasteiger partial charge < -0.3 is 20.3 Å². The molecule has 35 heavy (non-hydrogen) atoms. The highest BCUT2D eigenvalue weighted by Gasteiger charge is 2.30. The maximum absolute atomic E-state index is 12.7. The summed E-state index contributed by atoms with van der Waals surface area (Å²) in [6.07, 6.45) is 5.56. The van der Waals surface area contributed by atoms with E-state index in [4.69, 9.17) is 0 Å². The number of hydrogen-bond acceptors (Lipinski definition) is 7. The smallest absolute Gasteiger partial charge is 0.387 e. The lowest BCUT2D eigenvalue weighted by molar-refractivity contribution is -0.123. The summed E-state index contributed by atoms with van der Waals surface area (Å²) in [6, 6.07) is 13.3. The molecule has 1 aliphatic rings. The van der Waals surface area contributed by atoms with Gasteiger partial charge in [-0.25, -0.2) is 9.97 Å². The van der Waals surface area contributed by atoms with Crippen LogP contribution >= 0.6 is 0 Å². The summed E-state index contributed by atoms with van der Waals surface area (Å²) in [4.78, 5) is 21.3. The van der Waals surface area contributed by atoms with E-state index in [1.807, 2.05) is 0 Å². The number of halogens is 2. The predicted molar refractivity (Wildman–Crippen MR) is 127 cm³/mol. The van der Waals surface area contributed by atoms with Gasteiger partial charge in [0.05, 0.1) is 18.6 Å². The molecule has 0 radical (unpaired) electrons. The number of Topliss-reactive ketones (excluding diaryl/α,β-unsaturated/α-hetero) is 1. The van der Waals surface area contributed by atoms with Crippen LogP contribution in [0.25, 0.3) is 11.1 Å². The minimum atomic E-state index is -2.87. The maximum Gasteiger partial charge on any atom is 0.387 e. The molecule has 0 spiro atoms. The summed E-state index contributed by atoms with van der Waals surface area (Å²) in [6.45, 7) is -3.15. The van der Waals surface area contributed by atoms with Crippen molar-refractivity contribution in [3.63, 3.8) is 0 Å². The zero-order valence-electron chi connectivity index (χ0n) is 19.0. The normalized spacial score (nSPS) is 18.4. The van der Waals surface area contributed by atoms with Crippen LogP contribution in [0.1, 0.15) is 37.2 Å². The lowest BCUT2D eigenvalue weighted by Crippen LogP contribution is -2.23. The Kier molecular flexibility index (Phi) is 7.99. The number of benzene rings is 2. The zero-order chi connectivity index (χ0) is 24.8. The van der Waals surface area contributed by atoms with Crippen LogP contribution < -0.4 is 10.1 Å². The van der Waals surface area contributed by atoms with Crippen molar-refractivity contribution in [1.29, 1.82) is 0 Å². The first-order chi connectivity index (χ1) is 16.9. The highest BCUT2D eigenvalue weighted by Crippen LogP contribution is 2.31. The van der Waals surface area contributed by atoms with E-state index in [0.29, 0.717) is 22.8 Å². The average molecular weight is 484 g/mol. The lowest BCUT2D eigenvalue weighted by atomic mass is 9.88. The number of aromatic nitrogens is 2. The van der Waals surface area contributed by atoms with E-state index < -0.39 is 18.6 Å². The molecular weight excluding hydrogens is 456 g/mol. The van der Waals surface area contributed by atoms with Gasteiger partial charge in [0.1, 0.15) is 11.5 Å². The van der Waals surface area contributed by atoms with E-state index >= 15 is 0 Å². The van der Waals surface area contributed by atoms with Crippen molar-refractivity contribution >= 4 is 17.4 Å². The van der Waals surface area contributed by atoms with Crippen LogP contribution in [0.5, 0.6) is 5.75 Å². The first-order valence-electron chi connectivity index (χ1n) is 11.5. The molecule has 1 fully saturated rings. The molecule has 0 aliphatic heterocycles. The third kappa shape index (κ3) is 6.37. The second kappa shape index (κ2) is 11.3. The van der Waals surface area contributed by atoms with Crippen LogP contribution in [0.15, 0.2) is 60.9 Å². The van der Waals surface area contributed by atoms with E-state index in [1.165, 1.54) is 12.1 Å². The van der Waals surface area contributed by atoms with Crippen molar-refractivity contribution in [3.05, 3.63) is 66.5 Å². The van der Waals surface area contributed by atoms with Crippen LogP contribution in [0.4, 0.5) is 20.4 Å². The summed E-state index contributed by atoms with van der Waals surface area (Å²) >= 11 is 0. The van der Waals surface area contributed by atoms with Gasteiger partial charge in [-0.1, -0.05) is 30.7 Å². The molecule has 0 bridgehead atoms. The number of ether oxygens (including phenoxy) is 1. The summed E-state index contributed by atoms with van der Waals surface area (Å²) < 4.78 is 28.9. The number of aliphatic hydroxyl groups excluding tert-OH is 2. The van der Waals surface area contributed by atoms with Gasteiger partial charge in [-0.3, -0.25) is 4.79 Å². The standard InChI is InChI=1S/C26H27F2N3O4/c27-25(28)35-21-10-6-16(7-11-21)19-13-29-26(30-14-19)31-20-8-4-17(5-9-20)22(15-32)24(34)12-18-2-1-3-23(18)33/h4-11,13-14,18,22-23,25,32-33H,1-3,12,15H2,(H,29,30,31)/t18-,22-,23-/m1/s1. The van der Waals surface area contributed by atoms with Gasteiger partial charge in [0.15, 0.2) is 0 Å². The van der Waals surface area contributed by atoms with Gasteiger partial charge in [-0.15, -0.1) is 0 Å². The molecule has 2 aromatic carbocycles. The molecule has 0 unspecified atom stereocenters. The molecule has 1 saturated carbocycles. The molecular formula is C26H27F2N3O4. The molecule has 4 rings (SSSR count). The van der Waals surface area contributed by atoms with Gasteiger partial charge in [-0.2, -0.15) is 8.78 Å². The fraction of sp³-hybridized carbons (Fsp3) is 0.346. The van der Waals surface area contributed by atoms with Crippen molar-refractivity contribution < 1.29 is 28.5 Å². The Labute approximate surface area is 201 Å². The molecule has 3 N–H and O–H groups in total. The minimum absolute atomic E-state index is 0.0264. The molecule has 0 saturated heterocycles. The number of ketones is 1. The Bertz CT molecular complexity index is 1110. The topological polar surface area (TPSA) is 105 Å². The first kappa shape index (κ1) is 24.7. The van der Waals surface area contributed by atoms with Gasteiger partial charge in [0, 0.05) is 30.1 Å². The number of rotatable bonds is 10. The molecule has 9 heteroatoms. The highest BCUT2D eigenvalue weighted by molar-refractivity contribution is 5.86. The second-order valence-corrected chi connectivity index (χ2v) is 8.61. The quantitative estimate of drug-likeness (QED) is 0.384. The predicted octanol–water partition coefficient (Wildman–Crippen LogP) is 4.68. The third-order valence-corrected chi connectivity index (χ3v) is 6.29. The molecule has 184 valence electrons. The summed E-state index contributed by atoms with van der Waals surface area (Å²) in [5, 5.41) is 22.9. The Morgan fingerprint density at radius 1 is 1.03 bits per heavy atom.